The van der Waals surface area contributed by atoms with Crippen LogP contribution in [0.1, 0.15) is 13.8 Å². The molecule has 0 radical (unpaired) electrons. The normalized spacial score (nSPS) is 11.4. The molecule has 0 unspecified atom stereocenters. The Labute approximate surface area is 169 Å². The molecule has 0 heterocycles. The Morgan fingerprint density at radius 3 is 2.48 bits per heavy atom. The van der Waals surface area contributed by atoms with E-state index in [0.29, 0.717) is 28.8 Å². The number of sulfonamides is 1. The number of rotatable bonds is 8. The van der Waals surface area contributed by atoms with Crippen molar-refractivity contribution in [3.8, 4) is 5.75 Å². The van der Waals surface area contributed by atoms with Crippen LogP contribution in [-0.2, 0) is 14.8 Å². The highest BCUT2D eigenvalue weighted by molar-refractivity contribution is 7.89. The molecular weight excluding hydrogens is 411 g/mol. The van der Waals surface area contributed by atoms with E-state index in [2.05, 4.69) is 5.32 Å². The van der Waals surface area contributed by atoms with Gasteiger partial charge in [0.2, 0.25) is 10.0 Å². The van der Waals surface area contributed by atoms with Crippen LogP contribution in [-0.4, -0.2) is 38.3 Å². The molecule has 6 nitrogen and oxygen atoms in total. The Bertz CT molecular complexity index is 915. The first-order valence-corrected chi connectivity index (χ1v) is 10.5. The second kappa shape index (κ2) is 9.41. The molecule has 27 heavy (non-hydrogen) atoms. The molecule has 0 aromatic heterocycles. The predicted molar refractivity (Wildman–Crippen MR) is 107 cm³/mol. The standard InChI is InChI=1S/C18H20Cl2N2O4S/c1-3-22(4-2)27(24,25)15-7-5-6-14(11-15)21-18(23)12-26-17-10-13(19)8-9-16(17)20/h5-11H,3-4,12H2,1-2H3,(H,21,23). The molecule has 9 heteroatoms. The summed E-state index contributed by atoms with van der Waals surface area (Å²) in [6, 6.07) is 10.8. The average Bonchev–Trinajstić information content (AvgIpc) is 2.63. The van der Waals surface area contributed by atoms with Crippen molar-refractivity contribution in [3.05, 3.63) is 52.5 Å². The van der Waals surface area contributed by atoms with Gasteiger partial charge in [-0.3, -0.25) is 4.79 Å². The summed E-state index contributed by atoms with van der Waals surface area (Å²) in [5, 5.41) is 3.38. The second-order valence-corrected chi connectivity index (χ2v) is 8.31. The van der Waals surface area contributed by atoms with Crippen molar-refractivity contribution < 1.29 is 17.9 Å². The van der Waals surface area contributed by atoms with Crippen LogP contribution in [0, 0.1) is 0 Å². The summed E-state index contributed by atoms with van der Waals surface area (Å²) in [5.74, 6) is -0.166. The first kappa shape index (κ1) is 21.5. The summed E-state index contributed by atoms with van der Waals surface area (Å²) < 4.78 is 31.9. The van der Waals surface area contributed by atoms with E-state index in [0.717, 1.165) is 0 Å². The molecule has 146 valence electrons. The molecular formula is C18H20Cl2N2O4S. The number of benzene rings is 2. The summed E-state index contributed by atoms with van der Waals surface area (Å²) in [6.07, 6.45) is 0. The van der Waals surface area contributed by atoms with Gasteiger partial charge in [-0.25, -0.2) is 8.42 Å². The number of nitrogens with one attached hydrogen (secondary N) is 1. The van der Waals surface area contributed by atoms with Crippen molar-refractivity contribution in [2.45, 2.75) is 18.7 Å². The Balaban J connectivity index is 2.07. The Hall–Kier alpha value is -1.80. The Morgan fingerprint density at radius 1 is 1.11 bits per heavy atom. The summed E-state index contributed by atoms with van der Waals surface area (Å²) in [7, 11) is -3.61. The van der Waals surface area contributed by atoms with Crippen LogP contribution >= 0.6 is 23.2 Å². The van der Waals surface area contributed by atoms with Crippen LogP contribution in [0.2, 0.25) is 10.0 Å². The number of halogens is 2. The van der Waals surface area contributed by atoms with Gasteiger partial charge in [-0.1, -0.05) is 43.1 Å². The van der Waals surface area contributed by atoms with Crippen molar-refractivity contribution in [2.24, 2.45) is 0 Å². The molecule has 0 spiro atoms. The zero-order chi connectivity index (χ0) is 20.0. The third-order valence-electron chi connectivity index (χ3n) is 3.71. The first-order chi connectivity index (χ1) is 12.8. The van der Waals surface area contributed by atoms with Crippen molar-refractivity contribution in [1.82, 2.24) is 4.31 Å². The van der Waals surface area contributed by atoms with Gasteiger partial charge < -0.3 is 10.1 Å². The van der Waals surface area contributed by atoms with E-state index in [1.807, 2.05) is 0 Å². The summed E-state index contributed by atoms with van der Waals surface area (Å²) in [4.78, 5) is 12.2. The van der Waals surface area contributed by atoms with Gasteiger partial charge in [-0.2, -0.15) is 4.31 Å². The van der Waals surface area contributed by atoms with E-state index in [1.54, 1.807) is 38.1 Å². The van der Waals surface area contributed by atoms with Crippen LogP contribution in [0.5, 0.6) is 5.75 Å². The van der Waals surface area contributed by atoms with Crippen LogP contribution in [0.15, 0.2) is 47.4 Å². The average molecular weight is 431 g/mol. The second-order valence-electron chi connectivity index (χ2n) is 5.53. The number of carbonyl (C=O) groups excluding carboxylic acids is 1. The maximum atomic E-state index is 12.6. The van der Waals surface area contributed by atoms with Crippen LogP contribution in [0.25, 0.3) is 0 Å². The largest absolute Gasteiger partial charge is 0.482 e. The highest BCUT2D eigenvalue weighted by Gasteiger charge is 2.21. The van der Waals surface area contributed by atoms with Gasteiger partial charge in [0.15, 0.2) is 6.61 Å². The van der Waals surface area contributed by atoms with Crippen LogP contribution < -0.4 is 10.1 Å². The molecule has 2 rings (SSSR count). The minimum atomic E-state index is -3.61. The molecule has 0 aliphatic carbocycles. The van der Waals surface area contributed by atoms with Crippen LogP contribution in [0.4, 0.5) is 5.69 Å². The lowest BCUT2D eigenvalue weighted by molar-refractivity contribution is -0.118. The third-order valence-corrected chi connectivity index (χ3v) is 6.31. The molecule has 2 aromatic carbocycles. The smallest absolute Gasteiger partial charge is 0.262 e. The van der Waals surface area contributed by atoms with E-state index in [4.69, 9.17) is 27.9 Å². The van der Waals surface area contributed by atoms with Gasteiger partial charge in [0, 0.05) is 29.9 Å². The molecule has 0 aliphatic rings. The lowest BCUT2D eigenvalue weighted by Crippen LogP contribution is -2.30. The molecule has 0 saturated heterocycles. The highest BCUT2D eigenvalue weighted by atomic mass is 35.5. The maximum Gasteiger partial charge on any atom is 0.262 e. The fourth-order valence-electron chi connectivity index (χ4n) is 2.38. The molecule has 0 atom stereocenters. The monoisotopic (exact) mass is 430 g/mol. The Kier molecular flexibility index (Phi) is 7.49. The fourth-order valence-corrected chi connectivity index (χ4v) is 4.21. The molecule has 1 amide bonds. The number of hydrogen-bond donors (Lipinski definition) is 1. The number of nitrogens with zero attached hydrogens (tertiary/aromatic N) is 1. The van der Waals surface area contributed by atoms with Crippen molar-refractivity contribution in [2.75, 3.05) is 25.0 Å². The zero-order valence-corrected chi connectivity index (χ0v) is 17.2. The summed E-state index contributed by atoms with van der Waals surface area (Å²) >= 11 is 11.9. The van der Waals surface area contributed by atoms with E-state index < -0.39 is 15.9 Å². The van der Waals surface area contributed by atoms with Crippen LogP contribution in [0.3, 0.4) is 0 Å². The molecule has 2 aromatic rings. The van der Waals surface area contributed by atoms with Crippen molar-refractivity contribution >= 4 is 44.8 Å². The van der Waals surface area contributed by atoms with Crippen molar-refractivity contribution in [3.63, 3.8) is 0 Å². The molecule has 0 fully saturated rings. The first-order valence-electron chi connectivity index (χ1n) is 8.25. The van der Waals surface area contributed by atoms with Gasteiger partial charge in [-0.05, 0) is 30.3 Å². The number of anilines is 1. The number of amides is 1. The minimum absolute atomic E-state index is 0.114. The molecule has 0 aliphatic heterocycles. The van der Waals surface area contributed by atoms with Gasteiger partial charge in [0.1, 0.15) is 5.75 Å². The minimum Gasteiger partial charge on any atom is -0.482 e. The molecule has 0 saturated carbocycles. The Morgan fingerprint density at radius 2 is 1.81 bits per heavy atom. The van der Waals surface area contributed by atoms with E-state index in [1.165, 1.54) is 22.5 Å². The number of ether oxygens (including phenoxy) is 1. The molecule has 0 bridgehead atoms. The lowest BCUT2D eigenvalue weighted by Gasteiger charge is -2.18. The fraction of sp³-hybridized carbons (Fsp3) is 0.278. The number of hydrogen-bond acceptors (Lipinski definition) is 4. The van der Waals surface area contributed by atoms with Gasteiger partial charge in [0.05, 0.1) is 9.92 Å². The van der Waals surface area contributed by atoms with Gasteiger partial charge >= 0.3 is 0 Å². The van der Waals surface area contributed by atoms with Gasteiger partial charge in [0.25, 0.3) is 5.91 Å². The number of carbonyl (C=O) groups is 1. The third kappa shape index (κ3) is 5.59. The van der Waals surface area contributed by atoms with Gasteiger partial charge in [-0.15, -0.1) is 0 Å². The van der Waals surface area contributed by atoms with E-state index in [9.17, 15) is 13.2 Å². The topological polar surface area (TPSA) is 75.7 Å². The van der Waals surface area contributed by atoms with E-state index in [-0.39, 0.29) is 17.3 Å². The SMILES string of the molecule is CCN(CC)S(=O)(=O)c1cccc(NC(=O)COc2cc(Cl)ccc2Cl)c1. The predicted octanol–water partition coefficient (Wildman–Crippen LogP) is 4.04. The quantitative estimate of drug-likeness (QED) is 0.685. The lowest BCUT2D eigenvalue weighted by atomic mass is 10.3. The summed E-state index contributed by atoms with van der Waals surface area (Å²) in [5.41, 5.74) is 0.356. The highest BCUT2D eigenvalue weighted by Crippen LogP contribution is 2.27. The molecule has 1 N–H and O–H groups in total. The van der Waals surface area contributed by atoms with E-state index >= 15 is 0 Å². The maximum absolute atomic E-state index is 12.6. The summed E-state index contributed by atoms with van der Waals surface area (Å²) in [6.45, 7) is 3.97. The zero-order valence-electron chi connectivity index (χ0n) is 14.9. The van der Waals surface area contributed by atoms with Crippen molar-refractivity contribution in [1.29, 1.82) is 0 Å².